The summed E-state index contributed by atoms with van der Waals surface area (Å²) in [5.74, 6) is 1.24. The Balaban J connectivity index is 1.66. The van der Waals surface area contributed by atoms with E-state index in [1.165, 1.54) is 0 Å². The smallest absolute Gasteiger partial charge is 0.274 e. The summed E-state index contributed by atoms with van der Waals surface area (Å²) < 4.78 is 7.86. The summed E-state index contributed by atoms with van der Waals surface area (Å²) in [6.45, 7) is 9.76. The molecule has 1 aliphatic rings. The second-order valence-electron chi connectivity index (χ2n) is 6.19. The minimum atomic E-state index is -0.0850. The number of rotatable bonds is 7. The van der Waals surface area contributed by atoms with Gasteiger partial charge >= 0.3 is 0 Å². The van der Waals surface area contributed by atoms with Crippen molar-refractivity contribution in [2.24, 2.45) is 0 Å². The molecule has 1 unspecified atom stereocenters. The van der Waals surface area contributed by atoms with Gasteiger partial charge in [0, 0.05) is 51.2 Å². The van der Waals surface area contributed by atoms with Crippen molar-refractivity contribution in [3.8, 4) is 5.88 Å². The van der Waals surface area contributed by atoms with Gasteiger partial charge in [0.15, 0.2) is 5.82 Å². The molecule has 2 aromatic rings. The lowest BCUT2D eigenvalue weighted by Gasteiger charge is -2.23. The Labute approximate surface area is 153 Å². The molecule has 1 saturated heterocycles. The fourth-order valence-electron chi connectivity index (χ4n) is 3.12. The summed E-state index contributed by atoms with van der Waals surface area (Å²) in [7, 11) is 0. The van der Waals surface area contributed by atoms with Gasteiger partial charge in [0.25, 0.3) is 11.8 Å². The first-order valence-electron chi connectivity index (χ1n) is 9.21. The zero-order chi connectivity index (χ0) is 18.5. The van der Waals surface area contributed by atoms with Gasteiger partial charge in [0.2, 0.25) is 0 Å². The topological polar surface area (TPSA) is 76.4 Å². The molecule has 0 spiro atoms. The average Bonchev–Trinajstić information content (AvgIpc) is 3.33. The van der Waals surface area contributed by atoms with E-state index in [0.29, 0.717) is 24.7 Å². The van der Waals surface area contributed by atoms with Gasteiger partial charge in [0.05, 0.1) is 6.54 Å². The van der Waals surface area contributed by atoms with Gasteiger partial charge in [-0.3, -0.25) is 9.48 Å². The van der Waals surface area contributed by atoms with Crippen LogP contribution in [0.15, 0.2) is 24.7 Å². The standard InChI is InChI=1S/C18H26N6O2/c1-4-22(5-2)16-17(20-10-9-19-16)26-14-7-11-23(13-14)18(25)15-8-12-24(6-3)21-15/h8-10,12,14H,4-7,11,13H2,1-3H3. The number of likely N-dealkylation sites (tertiary alicyclic amines) is 1. The molecule has 140 valence electrons. The lowest BCUT2D eigenvalue weighted by atomic mass is 10.3. The van der Waals surface area contributed by atoms with Crippen molar-refractivity contribution in [3.63, 3.8) is 0 Å². The van der Waals surface area contributed by atoms with E-state index in [1.807, 2.05) is 13.1 Å². The van der Waals surface area contributed by atoms with Crippen molar-refractivity contribution in [1.29, 1.82) is 0 Å². The van der Waals surface area contributed by atoms with Crippen molar-refractivity contribution in [2.45, 2.75) is 39.8 Å². The van der Waals surface area contributed by atoms with Gasteiger partial charge in [-0.2, -0.15) is 5.10 Å². The molecule has 0 radical (unpaired) electrons. The maximum atomic E-state index is 12.6. The highest BCUT2D eigenvalue weighted by Crippen LogP contribution is 2.26. The van der Waals surface area contributed by atoms with Crippen LogP contribution in [-0.4, -0.2) is 62.8 Å². The Kier molecular flexibility index (Phi) is 5.70. The zero-order valence-electron chi connectivity index (χ0n) is 15.6. The molecule has 2 aromatic heterocycles. The van der Waals surface area contributed by atoms with Crippen molar-refractivity contribution in [3.05, 3.63) is 30.4 Å². The number of nitrogens with zero attached hydrogens (tertiary/aromatic N) is 6. The van der Waals surface area contributed by atoms with Crippen LogP contribution in [0.4, 0.5) is 5.82 Å². The molecule has 0 aromatic carbocycles. The molecule has 3 rings (SSSR count). The van der Waals surface area contributed by atoms with Crippen LogP contribution in [0, 0.1) is 0 Å². The first-order valence-corrected chi connectivity index (χ1v) is 9.21. The average molecular weight is 358 g/mol. The van der Waals surface area contributed by atoms with E-state index in [0.717, 1.165) is 31.9 Å². The Bertz CT molecular complexity index is 743. The fourth-order valence-corrected chi connectivity index (χ4v) is 3.12. The fraction of sp³-hybridized carbons (Fsp3) is 0.556. The molecule has 1 atom stereocenters. The molecule has 8 nitrogen and oxygen atoms in total. The van der Waals surface area contributed by atoms with Crippen LogP contribution in [-0.2, 0) is 6.54 Å². The molecule has 1 fully saturated rings. The second kappa shape index (κ2) is 8.16. The van der Waals surface area contributed by atoms with Crippen molar-refractivity contribution >= 4 is 11.7 Å². The van der Waals surface area contributed by atoms with Gasteiger partial charge < -0.3 is 14.5 Å². The third kappa shape index (κ3) is 3.79. The van der Waals surface area contributed by atoms with Crippen LogP contribution in [0.25, 0.3) is 0 Å². The number of hydrogen-bond acceptors (Lipinski definition) is 6. The molecule has 26 heavy (non-hydrogen) atoms. The van der Waals surface area contributed by atoms with Crippen LogP contribution >= 0.6 is 0 Å². The van der Waals surface area contributed by atoms with E-state index in [-0.39, 0.29) is 12.0 Å². The second-order valence-corrected chi connectivity index (χ2v) is 6.19. The number of amides is 1. The van der Waals surface area contributed by atoms with E-state index in [2.05, 4.69) is 33.8 Å². The lowest BCUT2D eigenvalue weighted by molar-refractivity contribution is 0.0764. The molecule has 0 bridgehead atoms. The number of anilines is 1. The van der Waals surface area contributed by atoms with E-state index < -0.39 is 0 Å². The molecule has 1 aliphatic heterocycles. The maximum Gasteiger partial charge on any atom is 0.274 e. The summed E-state index contributed by atoms with van der Waals surface area (Å²) in [5, 5.41) is 4.30. The Morgan fingerprint density at radius 1 is 1.27 bits per heavy atom. The minimum absolute atomic E-state index is 0.0496. The first-order chi connectivity index (χ1) is 12.7. The predicted octanol–water partition coefficient (Wildman–Crippen LogP) is 1.83. The quantitative estimate of drug-likeness (QED) is 0.752. The summed E-state index contributed by atoms with van der Waals surface area (Å²) in [4.78, 5) is 25.3. The molecule has 0 N–H and O–H groups in total. The Morgan fingerprint density at radius 3 is 2.73 bits per heavy atom. The molecule has 0 saturated carbocycles. The third-order valence-electron chi connectivity index (χ3n) is 4.60. The van der Waals surface area contributed by atoms with E-state index in [9.17, 15) is 4.79 Å². The predicted molar refractivity (Wildman–Crippen MR) is 98.4 cm³/mol. The molecular weight excluding hydrogens is 332 g/mol. The Morgan fingerprint density at radius 2 is 2.04 bits per heavy atom. The number of carbonyl (C=O) groups is 1. The van der Waals surface area contributed by atoms with E-state index in [4.69, 9.17) is 4.74 Å². The van der Waals surface area contributed by atoms with Gasteiger partial charge in [-0.15, -0.1) is 0 Å². The van der Waals surface area contributed by atoms with Crippen molar-refractivity contribution in [2.75, 3.05) is 31.1 Å². The molecule has 8 heteroatoms. The van der Waals surface area contributed by atoms with Crippen LogP contribution in [0.2, 0.25) is 0 Å². The highest BCUT2D eigenvalue weighted by molar-refractivity contribution is 5.92. The summed E-state index contributed by atoms with van der Waals surface area (Å²) >= 11 is 0. The molecular formula is C18H26N6O2. The lowest BCUT2D eigenvalue weighted by Crippen LogP contribution is -2.32. The summed E-state index contributed by atoms with van der Waals surface area (Å²) in [6, 6.07) is 1.77. The SMILES string of the molecule is CCN(CC)c1nccnc1OC1CCN(C(=O)c2ccn(CC)n2)C1. The number of hydrogen-bond donors (Lipinski definition) is 0. The van der Waals surface area contributed by atoms with Crippen LogP contribution in [0.5, 0.6) is 5.88 Å². The third-order valence-corrected chi connectivity index (χ3v) is 4.60. The Hall–Kier alpha value is -2.64. The summed E-state index contributed by atoms with van der Waals surface area (Å²) in [6.07, 6.45) is 5.83. The van der Waals surface area contributed by atoms with Gasteiger partial charge in [-0.05, 0) is 26.8 Å². The normalized spacial score (nSPS) is 16.7. The highest BCUT2D eigenvalue weighted by atomic mass is 16.5. The summed E-state index contributed by atoms with van der Waals surface area (Å²) in [5.41, 5.74) is 0.482. The van der Waals surface area contributed by atoms with Gasteiger partial charge in [-0.25, -0.2) is 9.97 Å². The van der Waals surface area contributed by atoms with Crippen molar-refractivity contribution < 1.29 is 9.53 Å². The van der Waals surface area contributed by atoms with Crippen LogP contribution in [0.3, 0.4) is 0 Å². The van der Waals surface area contributed by atoms with Crippen molar-refractivity contribution in [1.82, 2.24) is 24.6 Å². The molecule has 3 heterocycles. The van der Waals surface area contributed by atoms with E-state index in [1.54, 1.807) is 28.0 Å². The minimum Gasteiger partial charge on any atom is -0.470 e. The zero-order valence-corrected chi connectivity index (χ0v) is 15.6. The first kappa shape index (κ1) is 18.2. The molecule has 1 amide bonds. The van der Waals surface area contributed by atoms with E-state index >= 15 is 0 Å². The largest absolute Gasteiger partial charge is 0.470 e. The number of ether oxygens (including phenoxy) is 1. The van der Waals surface area contributed by atoms with Crippen LogP contribution < -0.4 is 9.64 Å². The maximum absolute atomic E-state index is 12.6. The number of carbonyl (C=O) groups excluding carboxylic acids is 1. The monoisotopic (exact) mass is 358 g/mol. The number of aryl methyl sites for hydroxylation is 1. The van der Waals surface area contributed by atoms with Gasteiger partial charge in [0.1, 0.15) is 11.8 Å². The highest BCUT2D eigenvalue weighted by Gasteiger charge is 2.30. The van der Waals surface area contributed by atoms with Crippen LogP contribution in [0.1, 0.15) is 37.7 Å². The van der Waals surface area contributed by atoms with Gasteiger partial charge in [-0.1, -0.05) is 0 Å². The number of aromatic nitrogens is 4. The molecule has 0 aliphatic carbocycles.